The maximum atomic E-state index is 11.4. The summed E-state index contributed by atoms with van der Waals surface area (Å²) in [6.07, 6.45) is -1.89. The molecule has 9 heteroatoms. The fourth-order valence-electron chi connectivity index (χ4n) is 4.07. The third-order valence-electron chi connectivity index (χ3n) is 5.11. The number of hydrogen-bond acceptors (Lipinski definition) is 9. The van der Waals surface area contributed by atoms with Gasteiger partial charge < -0.3 is 42.7 Å². The van der Waals surface area contributed by atoms with Crippen LogP contribution in [-0.4, -0.2) is 80.3 Å². The first kappa shape index (κ1) is 20.4. The van der Waals surface area contributed by atoms with Gasteiger partial charge in [-0.15, -0.1) is 6.58 Å². The smallest absolute Gasteiger partial charge is 0.190 e. The number of carbonyl (C=O) groups excluding carboxylic acids is 1. The minimum atomic E-state index is -0.797. The molecule has 4 aliphatic rings. The van der Waals surface area contributed by atoms with Crippen LogP contribution in [0.4, 0.5) is 0 Å². The minimum Gasteiger partial charge on any atom is -0.369 e. The van der Waals surface area contributed by atoms with Crippen molar-refractivity contribution in [1.82, 2.24) is 0 Å². The molecule has 4 saturated heterocycles. The highest BCUT2D eigenvalue weighted by Gasteiger charge is 2.58. The van der Waals surface area contributed by atoms with Crippen LogP contribution in [0, 0.1) is 0 Å². The molecular formula is C19H28O9. The molecule has 0 amide bonds. The van der Waals surface area contributed by atoms with Gasteiger partial charge in [0, 0.05) is 0 Å². The first-order chi connectivity index (χ1) is 13.2. The average molecular weight is 400 g/mol. The Morgan fingerprint density at radius 2 is 1.50 bits per heavy atom. The summed E-state index contributed by atoms with van der Waals surface area (Å²) in [7, 11) is 0. The van der Waals surface area contributed by atoms with E-state index in [4.69, 9.17) is 37.9 Å². The maximum absolute atomic E-state index is 11.4. The molecule has 4 aliphatic heterocycles. The van der Waals surface area contributed by atoms with E-state index in [9.17, 15) is 4.79 Å². The quantitative estimate of drug-likeness (QED) is 0.456. The largest absolute Gasteiger partial charge is 0.369 e. The van der Waals surface area contributed by atoms with E-state index in [2.05, 4.69) is 6.58 Å². The molecule has 0 spiro atoms. The fraction of sp³-hybridized carbons (Fsp3) is 0.842. The van der Waals surface area contributed by atoms with Crippen molar-refractivity contribution in [2.75, 3.05) is 13.2 Å². The molecule has 4 fully saturated rings. The van der Waals surface area contributed by atoms with E-state index in [1.165, 1.54) is 0 Å². The van der Waals surface area contributed by atoms with Crippen LogP contribution in [0.3, 0.4) is 0 Å². The second-order valence-corrected chi connectivity index (χ2v) is 8.23. The Labute approximate surface area is 164 Å². The zero-order valence-electron chi connectivity index (χ0n) is 16.6. The summed E-state index contributed by atoms with van der Waals surface area (Å²) in [5.41, 5.74) is 0. The predicted molar refractivity (Wildman–Crippen MR) is 93.1 cm³/mol. The molecule has 0 aromatic carbocycles. The zero-order valence-corrected chi connectivity index (χ0v) is 16.6. The van der Waals surface area contributed by atoms with Crippen molar-refractivity contribution in [2.45, 2.75) is 88.5 Å². The van der Waals surface area contributed by atoms with E-state index in [0.717, 1.165) is 0 Å². The van der Waals surface area contributed by atoms with Crippen molar-refractivity contribution in [3.63, 3.8) is 0 Å². The van der Waals surface area contributed by atoms with Gasteiger partial charge in [-0.3, -0.25) is 0 Å². The lowest BCUT2D eigenvalue weighted by Crippen LogP contribution is -2.43. The number of hydrogen-bond donors (Lipinski definition) is 0. The summed E-state index contributed by atoms with van der Waals surface area (Å²) in [5.74, 6) is -1.54. The molecular weight excluding hydrogens is 372 g/mol. The molecule has 8 atom stereocenters. The molecule has 4 rings (SSSR count). The monoisotopic (exact) mass is 400 g/mol. The summed E-state index contributed by atoms with van der Waals surface area (Å²) < 4.78 is 46.8. The number of ether oxygens (including phenoxy) is 8. The SMILES string of the molecule is C=CCO[C@@H]1[C@H]2OC(C)(C)O[C@H]2O[C@@H]1CO[C@@H]1[C@H]2OC(C)(C)O[C@H]2O[C@@H]1C=O. The van der Waals surface area contributed by atoms with Gasteiger partial charge in [-0.2, -0.15) is 0 Å². The molecule has 0 aliphatic carbocycles. The van der Waals surface area contributed by atoms with Crippen LogP contribution in [0.2, 0.25) is 0 Å². The van der Waals surface area contributed by atoms with Crippen LogP contribution in [0.5, 0.6) is 0 Å². The molecule has 0 aromatic heterocycles. The lowest BCUT2D eigenvalue weighted by atomic mass is 10.1. The number of carbonyl (C=O) groups is 1. The van der Waals surface area contributed by atoms with E-state index in [0.29, 0.717) is 12.9 Å². The Morgan fingerprint density at radius 1 is 0.893 bits per heavy atom. The second kappa shape index (κ2) is 7.41. The van der Waals surface area contributed by atoms with E-state index >= 15 is 0 Å². The number of aldehydes is 1. The van der Waals surface area contributed by atoms with Crippen LogP contribution in [0.25, 0.3) is 0 Å². The Balaban J connectivity index is 1.41. The molecule has 0 radical (unpaired) electrons. The van der Waals surface area contributed by atoms with Gasteiger partial charge in [-0.25, -0.2) is 0 Å². The Bertz CT molecular complexity index is 606. The summed E-state index contributed by atoms with van der Waals surface area (Å²) in [5, 5.41) is 0. The van der Waals surface area contributed by atoms with Gasteiger partial charge in [0.1, 0.15) is 36.6 Å². The van der Waals surface area contributed by atoms with Crippen molar-refractivity contribution in [1.29, 1.82) is 0 Å². The highest BCUT2D eigenvalue weighted by atomic mass is 16.9. The van der Waals surface area contributed by atoms with Gasteiger partial charge in [-0.05, 0) is 27.7 Å². The first-order valence-electron chi connectivity index (χ1n) is 9.54. The van der Waals surface area contributed by atoms with Crippen LogP contribution in [-0.2, 0) is 42.7 Å². The summed E-state index contributed by atoms with van der Waals surface area (Å²) in [6, 6.07) is 0. The van der Waals surface area contributed by atoms with E-state index in [1.54, 1.807) is 19.9 Å². The standard InChI is InChI=1S/C19H28O9/c1-6-7-21-13-11(24-17-15(13)26-19(4,5)28-17)9-22-12-10(8-20)23-16-14(12)25-18(2,3)27-16/h6,8,10-17H,1,7,9H2,2-5H3/t10-,11-,12+,13+,14-,15-,16-,17-/m1/s1. The van der Waals surface area contributed by atoms with Gasteiger partial charge in [0.15, 0.2) is 30.4 Å². The summed E-state index contributed by atoms with van der Waals surface area (Å²) in [4.78, 5) is 11.4. The topological polar surface area (TPSA) is 90.9 Å². The van der Waals surface area contributed by atoms with Gasteiger partial charge in [-0.1, -0.05) is 6.08 Å². The highest BCUT2D eigenvalue weighted by Crippen LogP contribution is 2.41. The molecule has 158 valence electrons. The number of rotatable bonds is 7. The maximum Gasteiger partial charge on any atom is 0.190 e. The van der Waals surface area contributed by atoms with Gasteiger partial charge >= 0.3 is 0 Å². The molecule has 9 nitrogen and oxygen atoms in total. The Hall–Kier alpha value is -0.910. The van der Waals surface area contributed by atoms with Crippen LogP contribution >= 0.6 is 0 Å². The highest BCUT2D eigenvalue weighted by molar-refractivity contribution is 5.58. The molecule has 0 N–H and O–H groups in total. The third kappa shape index (κ3) is 3.78. The van der Waals surface area contributed by atoms with Crippen LogP contribution in [0.15, 0.2) is 12.7 Å². The van der Waals surface area contributed by atoms with Gasteiger partial charge in [0.05, 0.1) is 13.2 Å². The Morgan fingerprint density at radius 3 is 2.11 bits per heavy atom. The van der Waals surface area contributed by atoms with Crippen molar-refractivity contribution in [3.05, 3.63) is 12.7 Å². The lowest BCUT2D eigenvalue weighted by molar-refractivity contribution is -0.232. The molecule has 0 unspecified atom stereocenters. The minimum absolute atomic E-state index is 0.160. The molecule has 0 saturated carbocycles. The lowest BCUT2D eigenvalue weighted by Gasteiger charge is -2.28. The van der Waals surface area contributed by atoms with E-state index in [1.807, 2.05) is 13.8 Å². The van der Waals surface area contributed by atoms with E-state index < -0.39 is 54.7 Å². The molecule has 28 heavy (non-hydrogen) atoms. The predicted octanol–water partition coefficient (Wildman–Crippen LogP) is 0.894. The molecule has 0 aromatic rings. The third-order valence-corrected chi connectivity index (χ3v) is 5.11. The number of fused-ring (bicyclic) bond motifs is 2. The van der Waals surface area contributed by atoms with Gasteiger partial charge in [0.25, 0.3) is 0 Å². The average Bonchev–Trinajstić information content (AvgIpc) is 3.26. The molecule has 0 bridgehead atoms. The summed E-state index contributed by atoms with van der Waals surface area (Å²) in [6.45, 7) is 11.4. The normalized spacial score (nSPS) is 45.7. The van der Waals surface area contributed by atoms with Crippen LogP contribution in [0.1, 0.15) is 27.7 Å². The van der Waals surface area contributed by atoms with Crippen molar-refractivity contribution in [2.24, 2.45) is 0 Å². The summed E-state index contributed by atoms with van der Waals surface area (Å²) >= 11 is 0. The molecule has 4 heterocycles. The van der Waals surface area contributed by atoms with Crippen molar-refractivity contribution in [3.8, 4) is 0 Å². The van der Waals surface area contributed by atoms with Crippen molar-refractivity contribution < 1.29 is 42.7 Å². The van der Waals surface area contributed by atoms with Crippen molar-refractivity contribution >= 4 is 6.29 Å². The zero-order chi connectivity index (χ0) is 20.1. The first-order valence-corrected chi connectivity index (χ1v) is 9.54. The van der Waals surface area contributed by atoms with Crippen LogP contribution < -0.4 is 0 Å². The second-order valence-electron chi connectivity index (χ2n) is 8.23. The van der Waals surface area contributed by atoms with E-state index in [-0.39, 0.29) is 12.7 Å². The Kier molecular flexibility index (Phi) is 5.39. The fourth-order valence-corrected chi connectivity index (χ4v) is 4.07. The van der Waals surface area contributed by atoms with Gasteiger partial charge in [0.2, 0.25) is 0 Å².